The third kappa shape index (κ3) is 7.57. The van der Waals surface area contributed by atoms with E-state index in [1.54, 1.807) is 25.7 Å². The molecule has 2 atom stereocenters. The van der Waals surface area contributed by atoms with Crippen LogP contribution < -0.4 is 10.6 Å². The Hall–Kier alpha value is -3.35. The monoisotopic (exact) mass is 493 g/mol. The summed E-state index contributed by atoms with van der Waals surface area (Å²) in [5.41, 5.74) is 1.68. The molecule has 36 heavy (non-hydrogen) atoms. The molecule has 3 amide bonds. The first-order chi connectivity index (χ1) is 17.0. The normalized spacial score (nSPS) is 15.1. The highest BCUT2D eigenvalue weighted by Gasteiger charge is 2.44. The molecule has 3 rings (SSSR count). The van der Waals surface area contributed by atoms with Crippen molar-refractivity contribution in [3.05, 3.63) is 65.7 Å². The number of anilines is 1. The van der Waals surface area contributed by atoms with E-state index in [1.165, 1.54) is 0 Å². The number of carbonyl (C=O) groups is 3. The molecular weight excluding hydrogens is 454 g/mol. The summed E-state index contributed by atoms with van der Waals surface area (Å²) in [4.78, 5) is 42.2. The Morgan fingerprint density at radius 2 is 1.61 bits per heavy atom. The molecule has 0 spiro atoms. The van der Waals surface area contributed by atoms with Crippen LogP contribution >= 0.6 is 0 Å². The van der Waals surface area contributed by atoms with Crippen molar-refractivity contribution >= 4 is 23.6 Å². The van der Waals surface area contributed by atoms with Crippen LogP contribution in [0.5, 0.6) is 0 Å². The van der Waals surface area contributed by atoms with Crippen molar-refractivity contribution in [2.45, 2.75) is 84.5 Å². The standard InChI is InChI=1S/C29H39N3O4/c1-19(2)18-24(31-28(35)36-29(4,5)6)27(34)32(22-16-17-22)25(21-13-8-7-9-14-21)26(33)30-23-15-11-10-12-20(23)3/h7-15,19,22,24-25H,16-18H2,1-6H3,(H,30,33)(H,31,35). The van der Waals surface area contributed by atoms with Crippen LogP contribution in [0.15, 0.2) is 54.6 Å². The van der Waals surface area contributed by atoms with Crippen molar-refractivity contribution in [1.29, 1.82) is 0 Å². The van der Waals surface area contributed by atoms with E-state index >= 15 is 0 Å². The summed E-state index contributed by atoms with van der Waals surface area (Å²) in [5.74, 6) is -0.409. The molecule has 2 aromatic rings. The van der Waals surface area contributed by atoms with Crippen molar-refractivity contribution in [1.82, 2.24) is 10.2 Å². The van der Waals surface area contributed by atoms with Crippen molar-refractivity contribution in [2.24, 2.45) is 5.92 Å². The average Bonchev–Trinajstić information content (AvgIpc) is 3.62. The molecule has 0 saturated heterocycles. The lowest BCUT2D eigenvalue weighted by Crippen LogP contribution is -2.53. The van der Waals surface area contributed by atoms with Crippen molar-refractivity contribution in [3.8, 4) is 0 Å². The lowest BCUT2D eigenvalue weighted by atomic mass is 9.99. The highest BCUT2D eigenvalue weighted by Crippen LogP contribution is 2.36. The van der Waals surface area contributed by atoms with Gasteiger partial charge in [-0.25, -0.2) is 4.79 Å². The second-order valence-corrected chi connectivity index (χ2v) is 10.9. The van der Waals surface area contributed by atoms with Crippen LogP contribution in [0.4, 0.5) is 10.5 Å². The number of hydrogen-bond acceptors (Lipinski definition) is 4. The van der Waals surface area contributed by atoms with Crippen LogP contribution in [0.3, 0.4) is 0 Å². The second kappa shape index (κ2) is 11.6. The molecule has 1 fully saturated rings. The summed E-state index contributed by atoms with van der Waals surface area (Å²) >= 11 is 0. The number of nitrogens with one attached hydrogen (secondary N) is 2. The summed E-state index contributed by atoms with van der Waals surface area (Å²) in [6, 6.07) is 15.2. The van der Waals surface area contributed by atoms with Gasteiger partial charge in [0.15, 0.2) is 0 Å². The molecule has 7 heteroatoms. The van der Waals surface area contributed by atoms with Gasteiger partial charge in [-0.3, -0.25) is 9.59 Å². The van der Waals surface area contributed by atoms with Crippen molar-refractivity contribution in [2.75, 3.05) is 5.32 Å². The Bertz CT molecular complexity index is 1060. The molecule has 2 unspecified atom stereocenters. The maximum absolute atomic E-state index is 14.1. The van der Waals surface area contributed by atoms with Gasteiger partial charge in [-0.05, 0) is 70.1 Å². The first-order valence-corrected chi connectivity index (χ1v) is 12.7. The summed E-state index contributed by atoms with van der Waals surface area (Å²) < 4.78 is 5.44. The van der Waals surface area contributed by atoms with Gasteiger partial charge in [0.05, 0.1) is 0 Å². The minimum Gasteiger partial charge on any atom is -0.444 e. The van der Waals surface area contributed by atoms with E-state index in [1.807, 2.05) is 75.4 Å². The van der Waals surface area contributed by atoms with E-state index < -0.39 is 23.8 Å². The minimum atomic E-state index is -0.832. The summed E-state index contributed by atoms with van der Waals surface area (Å²) in [7, 11) is 0. The van der Waals surface area contributed by atoms with Gasteiger partial charge in [-0.1, -0.05) is 62.4 Å². The molecule has 194 valence electrons. The van der Waals surface area contributed by atoms with E-state index in [0.717, 1.165) is 24.0 Å². The number of alkyl carbamates (subject to hydrolysis) is 1. The number of benzene rings is 2. The van der Waals surface area contributed by atoms with Gasteiger partial charge in [0.1, 0.15) is 17.7 Å². The molecule has 1 aliphatic carbocycles. The molecule has 1 aliphatic rings. The smallest absolute Gasteiger partial charge is 0.408 e. The zero-order chi connectivity index (χ0) is 26.5. The molecule has 2 aromatic carbocycles. The van der Waals surface area contributed by atoms with Crippen molar-refractivity contribution in [3.63, 3.8) is 0 Å². The third-order valence-electron chi connectivity index (χ3n) is 5.94. The molecule has 7 nitrogen and oxygen atoms in total. The van der Waals surface area contributed by atoms with Crippen LogP contribution in [0, 0.1) is 12.8 Å². The fourth-order valence-corrected chi connectivity index (χ4v) is 4.18. The summed E-state index contributed by atoms with van der Waals surface area (Å²) in [5, 5.41) is 5.82. The first-order valence-electron chi connectivity index (χ1n) is 12.7. The van der Waals surface area contributed by atoms with E-state index in [9.17, 15) is 14.4 Å². The third-order valence-corrected chi connectivity index (χ3v) is 5.94. The fraction of sp³-hybridized carbons (Fsp3) is 0.483. The molecule has 1 saturated carbocycles. The fourth-order valence-electron chi connectivity index (χ4n) is 4.18. The number of rotatable bonds is 9. The number of para-hydroxylation sites is 1. The van der Waals surface area contributed by atoms with Crippen LogP contribution in [0.2, 0.25) is 0 Å². The van der Waals surface area contributed by atoms with Gasteiger partial charge in [0.2, 0.25) is 5.91 Å². The maximum Gasteiger partial charge on any atom is 0.408 e. The number of ether oxygens (including phenoxy) is 1. The molecule has 2 N–H and O–H groups in total. The lowest BCUT2D eigenvalue weighted by molar-refractivity contribution is -0.141. The Balaban J connectivity index is 1.96. The number of aryl methyl sites for hydroxylation is 1. The molecule has 0 radical (unpaired) electrons. The van der Waals surface area contributed by atoms with Gasteiger partial charge in [0.25, 0.3) is 5.91 Å². The molecule has 0 aliphatic heterocycles. The van der Waals surface area contributed by atoms with Gasteiger partial charge in [-0.15, -0.1) is 0 Å². The topological polar surface area (TPSA) is 87.7 Å². The van der Waals surface area contributed by atoms with Gasteiger partial charge < -0.3 is 20.3 Å². The van der Waals surface area contributed by atoms with E-state index in [-0.39, 0.29) is 23.8 Å². The van der Waals surface area contributed by atoms with E-state index in [4.69, 9.17) is 4.74 Å². The predicted molar refractivity (Wildman–Crippen MR) is 141 cm³/mol. The highest BCUT2D eigenvalue weighted by molar-refractivity contribution is 5.99. The Labute approximate surface area is 214 Å². The SMILES string of the molecule is Cc1ccccc1NC(=O)C(c1ccccc1)N(C(=O)C(CC(C)C)NC(=O)OC(C)(C)C)C1CC1. The van der Waals surface area contributed by atoms with Crippen LogP contribution in [0.25, 0.3) is 0 Å². The summed E-state index contributed by atoms with van der Waals surface area (Å²) in [6.07, 6.45) is 1.42. The Morgan fingerprint density at radius 3 is 2.17 bits per heavy atom. The molecular formula is C29H39N3O4. The quantitative estimate of drug-likeness (QED) is 0.476. The van der Waals surface area contributed by atoms with Crippen LogP contribution in [-0.2, 0) is 14.3 Å². The van der Waals surface area contributed by atoms with Gasteiger partial charge >= 0.3 is 6.09 Å². The summed E-state index contributed by atoms with van der Waals surface area (Å²) in [6.45, 7) is 11.3. The molecule has 0 aromatic heterocycles. The Morgan fingerprint density at radius 1 is 1.00 bits per heavy atom. The molecule has 0 bridgehead atoms. The number of hydrogen-bond donors (Lipinski definition) is 2. The number of nitrogens with zero attached hydrogens (tertiary/aromatic N) is 1. The highest BCUT2D eigenvalue weighted by atomic mass is 16.6. The molecule has 0 heterocycles. The predicted octanol–water partition coefficient (Wildman–Crippen LogP) is 5.61. The zero-order valence-corrected chi connectivity index (χ0v) is 22.2. The second-order valence-electron chi connectivity index (χ2n) is 10.9. The van der Waals surface area contributed by atoms with Gasteiger partial charge in [-0.2, -0.15) is 0 Å². The van der Waals surface area contributed by atoms with Gasteiger partial charge in [0, 0.05) is 11.7 Å². The number of carbonyl (C=O) groups excluding carboxylic acids is 3. The van der Waals surface area contributed by atoms with Crippen LogP contribution in [0.1, 0.15) is 71.0 Å². The van der Waals surface area contributed by atoms with Crippen LogP contribution in [-0.4, -0.2) is 40.5 Å². The minimum absolute atomic E-state index is 0.0691. The first kappa shape index (κ1) is 27.2. The average molecular weight is 494 g/mol. The lowest BCUT2D eigenvalue weighted by Gasteiger charge is -2.35. The maximum atomic E-state index is 14.1. The Kier molecular flexibility index (Phi) is 8.77. The van der Waals surface area contributed by atoms with E-state index in [0.29, 0.717) is 12.1 Å². The van der Waals surface area contributed by atoms with E-state index in [2.05, 4.69) is 10.6 Å². The zero-order valence-electron chi connectivity index (χ0n) is 22.2. The van der Waals surface area contributed by atoms with Crippen molar-refractivity contribution < 1.29 is 19.1 Å². The largest absolute Gasteiger partial charge is 0.444 e. The number of amides is 3.